The van der Waals surface area contributed by atoms with Crippen molar-refractivity contribution >= 4 is 33.7 Å². The zero-order valence-corrected chi connectivity index (χ0v) is 19.4. The van der Waals surface area contributed by atoms with E-state index < -0.39 is 11.9 Å². The van der Waals surface area contributed by atoms with Gasteiger partial charge in [-0.3, -0.25) is 0 Å². The Morgan fingerprint density at radius 1 is 0.679 bits per heavy atom. The van der Waals surface area contributed by atoms with Crippen molar-refractivity contribution < 1.29 is 81.8 Å². The van der Waals surface area contributed by atoms with Crippen molar-refractivity contribution in [2.24, 2.45) is 0 Å². The Balaban J connectivity index is 0.00000210. The van der Waals surface area contributed by atoms with Crippen LogP contribution in [0.3, 0.4) is 0 Å². The van der Waals surface area contributed by atoms with Gasteiger partial charge in [-0.15, -0.1) is 0 Å². The van der Waals surface area contributed by atoms with Gasteiger partial charge in [-0.25, -0.2) is 19.6 Å². The van der Waals surface area contributed by atoms with E-state index in [0.29, 0.717) is 33.2 Å². The first kappa shape index (κ1) is 22.5. The maximum absolute atomic E-state index is 11.6. The van der Waals surface area contributed by atoms with E-state index in [2.05, 4.69) is 9.97 Å². The van der Waals surface area contributed by atoms with Crippen LogP contribution >= 0.6 is 0 Å². The molecule has 0 aliphatic carbocycles. The van der Waals surface area contributed by atoms with Crippen LogP contribution in [0.5, 0.6) is 0 Å². The van der Waals surface area contributed by atoms with Crippen LogP contribution in [0.25, 0.3) is 33.2 Å². The SMILES string of the molecule is O=C(O)c1cc(-c2cc(C(=O)O)c3ccccc3n2)nc2ccccc12.[H-].[H-].[Na+].[Na+]. The number of pyridine rings is 2. The largest absolute Gasteiger partial charge is 1.00 e. The third kappa shape index (κ3) is 4.12. The average molecular weight is 392 g/mol. The summed E-state index contributed by atoms with van der Waals surface area (Å²) in [6.45, 7) is 0. The minimum absolute atomic E-state index is 0. The molecule has 0 aliphatic heterocycles. The summed E-state index contributed by atoms with van der Waals surface area (Å²) in [5.41, 5.74) is 1.84. The van der Waals surface area contributed by atoms with Crippen LogP contribution in [0, 0.1) is 0 Å². The second-order valence-electron chi connectivity index (χ2n) is 5.75. The first-order valence-electron chi connectivity index (χ1n) is 7.81. The van der Waals surface area contributed by atoms with Crippen molar-refractivity contribution in [3.8, 4) is 11.4 Å². The van der Waals surface area contributed by atoms with E-state index in [1.54, 1.807) is 48.5 Å². The van der Waals surface area contributed by atoms with Crippen LogP contribution in [-0.4, -0.2) is 32.1 Å². The number of rotatable bonds is 3. The van der Waals surface area contributed by atoms with E-state index in [1.807, 2.05) is 0 Å². The Morgan fingerprint density at radius 2 is 1.04 bits per heavy atom. The maximum atomic E-state index is 11.6. The number of aromatic carboxylic acids is 2. The molecule has 0 spiro atoms. The zero-order valence-electron chi connectivity index (χ0n) is 17.4. The molecule has 0 aliphatic rings. The van der Waals surface area contributed by atoms with Crippen LogP contribution in [0.1, 0.15) is 23.6 Å². The second kappa shape index (κ2) is 9.13. The number of carboxylic acid groups (broad SMARTS) is 2. The number of fused-ring (bicyclic) bond motifs is 2. The molecule has 0 atom stereocenters. The van der Waals surface area contributed by atoms with Crippen LogP contribution in [0.15, 0.2) is 60.7 Å². The maximum Gasteiger partial charge on any atom is 1.00 e. The molecule has 2 aromatic heterocycles. The van der Waals surface area contributed by atoms with Gasteiger partial charge in [0, 0.05) is 10.8 Å². The molecule has 2 heterocycles. The number of aromatic nitrogens is 2. The fraction of sp³-hybridized carbons (Fsp3) is 0. The molecule has 0 unspecified atom stereocenters. The number of benzene rings is 2. The smallest absolute Gasteiger partial charge is 1.00 e. The number of carbonyl (C=O) groups is 2. The Labute approximate surface area is 207 Å². The van der Waals surface area contributed by atoms with Crippen molar-refractivity contribution in [2.75, 3.05) is 0 Å². The van der Waals surface area contributed by atoms with Crippen LogP contribution in [-0.2, 0) is 0 Å². The molecule has 0 amide bonds. The summed E-state index contributed by atoms with van der Waals surface area (Å²) in [5.74, 6) is -2.16. The van der Waals surface area contributed by atoms with Crippen molar-refractivity contribution in [3.05, 3.63) is 71.8 Å². The van der Waals surface area contributed by atoms with E-state index in [-0.39, 0.29) is 73.1 Å². The van der Waals surface area contributed by atoms with Crippen molar-refractivity contribution in [3.63, 3.8) is 0 Å². The Hall–Kier alpha value is -1.80. The van der Waals surface area contributed by atoms with Gasteiger partial charge >= 0.3 is 71.1 Å². The van der Waals surface area contributed by atoms with Crippen molar-refractivity contribution in [1.29, 1.82) is 0 Å². The number of para-hydroxylation sites is 2. The van der Waals surface area contributed by atoms with Crippen LogP contribution in [0.4, 0.5) is 0 Å². The molecule has 4 rings (SSSR count). The van der Waals surface area contributed by atoms with Gasteiger partial charge in [0.2, 0.25) is 0 Å². The fourth-order valence-corrected chi connectivity index (χ4v) is 2.97. The Bertz CT molecular complexity index is 1130. The van der Waals surface area contributed by atoms with Crippen LogP contribution in [0.2, 0.25) is 0 Å². The molecule has 2 N–H and O–H groups in total. The molecular weight excluding hydrogens is 378 g/mol. The number of hydrogen-bond donors (Lipinski definition) is 2. The summed E-state index contributed by atoms with van der Waals surface area (Å²) in [5, 5.41) is 20.1. The predicted octanol–water partition coefficient (Wildman–Crippen LogP) is -1.92. The minimum atomic E-state index is -1.08. The number of carboxylic acids is 2. The number of hydrogen-bond acceptors (Lipinski definition) is 4. The molecular formula is C20H14N2Na2O4. The first-order chi connectivity index (χ1) is 12.5. The molecule has 2 aromatic carbocycles. The third-order valence-corrected chi connectivity index (χ3v) is 4.16. The van der Waals surface area contributed by atoms with Crippen molar-refractivity contribution in [2.45, 2.75) is 0 Å². The second-order valence-corrected chi connectivity index (χ2v) is 5.75. The summed E-state index contributed by atoms with van der Waals surface area (Å²) in [6.07, 6.45) is 0. The fourth-order valence-electron chi connectivity index (χ4n) is 2.97. The molecule has 0 bridgehead atoms. The Kier molecular flexibility index (Phi) is 7.33. The molecule has 4 aromatic rings. The quantitative estimate of drug-likeness (QED) is 0.395. The van der Waals surface area contributed by atoms with E-state index >= 15 is 0 Å². The number of nitrogens with zero attached hydrogens (tertiary/aromatic N) is 2. The van der Waals surface area contributed by atoms with E-state index in [1.165, 1.54) is 12.1 Å². The van der Waals surface area contributed by atoms with Gasteiger partial charge in [-0.2, -0.15) is 0 Å². The molecule has 130 valence electrons. The van der Waals surface area contributed by atoms with E-state index in [0.717, 1.165) is 0 Å². The topological polar surface area (TPSA) is 100 Å². The van der Waals surface area contributed by atoms with Crippen LogP contribution < -0.4 is 59.1 Å². The van der Waals surface area contributed by atoms with Crippen molar-refractivity contribution in [1.82, 2.24) is 9.97 Å². The summed E-state index contributed by atoms with van der Waals surface area (Å²) in [6, 6.07) is 16.7. The van der Waals surface area contributed by atoms with Gasteiger partial charge in [0.1, 0.15) is 0 Å². The first-order valence-corrected chi connectivity index (χ1v) is 7.81. The van der Waals surface area contributed by atoms with Gasteiger partial charge in [0.05, 0.1) is 33.5 Å². The standard InChI is InChI=1S/C20H12N2O4.2Na.2H/c23-19(24)13-9-17(21-15-7-3-1-5-11(13)15)18-10-14(20(25)26)12-6-2-4-8-16(12)22-18;;;;/h1-10H,(H,23,24)(H,25,26);;;;/q;2*+1;2*-1. The zero-order chi connectivity index (χ0) is 18.3. The monoisotopic (exact) mass is 392 g/mol. The normalized spacial score (nSPS) is 10.1. The minimum Gasteiger partial charge on any atom is -1.00 e. The van der Waals surface area contributed by atoms with Gasteiger partial charge in [0.15, 0.2) is 0 Å². The molecule has 0 saturated carbocycles. The summed E-state index contributed by atoms with van der Waals surface area (Å²) < 4.78 is 0. The Morgan fingerprint density at radius 3 is 1.39 bits per heavy atom. The molecule has 0 fully saturated rings. The molecule has 0 saturated heterocycles. The van der Waals surface area contributed by atoms with Gasteiger partial charge in [0.25, 0.3) is 0 Å². The van der Waals surface area contributed by atoms with Gasteiger partial charge in [-0.1, -0.05) is 36.4 Å². The summed E-state index contributed by atoms with van der Waals surface area (Å²) in [7, 11) is 0. The third-order valence-electron chi connectivity index (χ3n) is 4.16. The van der Waals surface area contributed by atoms with E-state index in [4.69, 9.17) is 0 Å². The van der Waals surface area contributed by atoms with E-state index in [9.17, 15) is 19.8 Å². The molecule has 28 heavy (non-hydrogen) atoms. The predicted molar refractivity (Wildman–Crippen MR) is 98.6 cm³/mol. The molecule has 0 radical (unpaired) electrons. The summed E-state index contributed by atoms with van der Waals surface area (Å²) >= 11 is 0. The molecule has 6 nitrogen and oxygen atoms in total. The molecule has 8 heteroatoms. The average Bonchev–Trinajstić information content (AvgIpc) is 2.66. The summed E-state index contributed by atoms with van der Waals surface area (Å²) in [4.78, 5) is 32.2. The van der Waals surface area contributed by atoms with Gasteiger partial charge in [-0.05, 0) is 24.3 Å². The van der Waals surface area contributed by atoms with Gasteiger partial charge < -0.3 is 13.1 Å².